The van der Waals surface area contributed by atoms with Crippen LogP contribution in [0.3, 0.4) is 0 Å². The van der Waals surface area contributed by atoms with Gasteiger partial charge in [0.15, 0.2) is 18.1 Å². The highest BCUT2D eigenvalue weighted by molar-refractivity contribution is 5.96. The van der Waals surface area contributed by atoms with Gasteiger partial charge in [-0.2, -0.15) is 0 Å². The second-order valence-electron chi connectivity index (χ2n) is 10.8. The van der Waals surface area contributed by atoms with Gasteiger partial charge < -0.3 is 29.7 Å². The van der Waals surface area contributed by atoms with Gasteiger partial charge in [0, 0.05) is 37.2 Å². The minimum absolute atomic E-state index is 0.111. The Morgan fingerprint density at radius 2 is 1.68 bits per heavy atom. The normalized spacial score (nSPS) is 18.5. The van der Waals surface area contributed by atoms with Gasteiger partial charge in [-0.25, -0.2) is 0 Å². The third-order valence-electron chi connectivity index (χ3n) is 7.85. The van der Waals surface area contributed by atoms with Gasteiger partial charge in [0.25, 0.3) is 17.7 Å². The van der Waals surface area contributed by atoms with Crippen molar-refractivity contribution in [1.29, 1.82) is 0 Å². The standard InChI is InChI=1S/C35H33N3O6/c1-42-31-15-12-26-19-32(31)43-22-33(39)36-20-23-10-13-28(14-11-23)44-30-16-17-38(21-29(30)37-34(26)40)35(41)27-9-5-8-25(18-27)24-6-3-2-4-7-24/h2-15,18-19,29-30H,16-17,20-22H2,1H3,(H,36,39)(H,37,40)/t29-,30+/m0/s1. The molecule has 0 saturated carbocycles. The zero-order valence-electron chi connectivity index (χ0n) is 24.3. The number of hydrogen-bond donors (Lipinski definition) is 2. The van der Waals surface area contributed by atoms with Crippen molar-refractivity contribution in [2.24, 2.45) is 0 Å². The van der Waals surface area contributed by atoms with Crippen molar-refractivity contribution < 1.29 is 28.6 Å². The van der Waals surface area contributed by atoms with E-state index >= 15 is 0 Å². The molecule has 224 valence electrons. The molecule has 4 aromatic rings. The molecule has 0 unspecified atom stereocenters. The van der Waals surface area contributed by atoms with Crippen LogP contribution >= 0.6 is 0 Å². The Morgan fingerprint density at radius 1 is 0.886 bits per heavy atom. The molecular formula is C35H33N3O6. The number of hydrogen-bond acceptors (Lipinski definition) is 6. The number of carbonyl (C=O) groups is 3. The number of piperidine rings is 1. The number of methoxy groups -OCH3 is 1. The Kier molecular flexibility index (Phi) is 8.45. The summed E-state index contributed by atoms with van der Waals surface area (Å²) in [6, 6.07) is 29.3. The molecule has 44 heavy (non-hydrogen) atoms. The Hall–Kier alpha value is -5.31. The minimum atomic E-state index is -0.498. The van der Waals surface area contributed by atoms with E-state index in [9.17, 15) is 14.4 Å². The molecule has 7 rings (SSSR count). The first-order chi connectivity index (χ1) is 21.5. The lowest BCUT2D eigenvalue weighted by atomic mass is 9.98. The van der Waals surface area contributed by atoms with Crippen LogP contribution in [-0.4, -0.2) is 61.6 Å². The summed E-state index contributed by atoms with van der Waals surface area (Å²) < 4.78 is 17.5. The SMILES string of the molecule is COc1ccc2cc1OCC(=O)NCc1ccc(cc1)O[C@@H]1CCN(C(=O)c3cccc(-c4ccccc4)c3)C[C@@H]1NC2=O. The van der Waals surface area contributed by atoms with Gasteiger partial charge in [-0.1, -0.05) is 54.6 Å². The van der Waals surface area contributed by atoms with Gasteiger partial charge in [-0.15, -0.1) is 0 Å². The first-order valence-corrected chi connectivity index (χ1v) is 14.6. The van der Waals surface area contributed by atoms with Gasteiger partial charge in [0.05, 0.1) is 13.2 Å². The molecule has 0 spiro atoms. The van der Waals surface area contributed by atoms with E-state index in [2.05, 4.69) is 10.6 Å². The summed E-state index contributed by atoms with van der Waals surface area (Å²) in [4.78, 5) is 41.5. The second-order valence-corrected chi connectivity index (χ2v) is 10.8. The smallest absolute Gasteiger partial charge is 0.258 e. The molecule has 9 heteroatoms. The molecule has 2 N–H and O–H groups in total. The summed E-state index contributed by atoms with van der Waals surface area (Å²) in [6.45, 7) is 0.820. The van der Waals surface area contributed by atoms with Crippen LogP contribution in [0.25, 0.3) is 11.1 Å². The molecule has 9 nitrogen and oxygen atoms in total. The quantitative estimate of drug-likeness (QED) is 0.365. The fourth-order valence-electron chi connectivity index (χ4n) is 5.48. The number of likely N-dealkylation sites (tertiary alicyclic amines) is 1. The van der Waals surface area contributed by atoms with Crippen LogP contribution < -0.4 is 24.8 Å². The number of fused-ring (bicyclic) bond motifs is 7. The fraction of sp³-hybridized carbons (Fsp3) is 0.229. The lowest BCUT2D eigenvalue weighted by molar-refractivity contribution is -0.123. The molecule has 3 aliphatic heterocycles. The lowest BCUT2D eigenvalue weighted by Gasteiger charge is -2.39. The van der Waals surface area contributed by atoms with Gasteiger partial charge in [-0.3, -0.25) is 14.4 Å². The van der Waals surface area contributed by atoms with Crippen LogP contribution in [0.5, 0.6) is 17.2 Å². The summed E-state index contributed by atoms with van der Waals surface area (Å²) in [6.07, 6.45) is 0.137. The monoisotopic (exact) mass is 591 g/mol. The number of carbonyl (C=O) groups excluding carboxylic acids is 3. The van der Waals surface area contributed by atoms with Crippen molar-refractivity contribution in [3.05, 3.63) is 114 Å². The van der Waals surface area contributed by atoms with Crippen molar-refractivity contribution in [2.75, 3.05) is 26.8 Å². The van der Waals surface area contributed by atoms with Crippen molar-refractivity contribution in [1.82, 2.24) is 15.5 Å². The molecule has 1 saturated heterocycles. The molecule has 3 aliphatic rings. The third kappa shape index (κ3) is 6.52. The Balaban J connectivity index is 1.28. The van der Waals surface area contributed by atoms with E-state index in [0.717, 1.165) is 16.7 Å². The van der Waals surface area contributed by atoms with Crippen LogP contribution in [-0.2, 0) is 11.3 Å². The maximum absolute atomic E-state index is 13.7. The van der Waals surface area contributed by atoms with E-state index < -0.39 is 6.04 Å². The highest BCUT2D eigenvalue weighted by Crippen LogP contribution is 2.29. The molecule has 3 amide bonds. The minimum Gasteiger partial charge on any atom is -0.493 e. The lowest BCUT2D eigenvalue weighted by Crippen LogP contribution is -2.58. The molecular weight excluding hydrogens is 558 g/mol. The van der Waals surface area contributed by atoms with Gasteiger partial charge in [-0.05, 0) is 59.2 Å². The molecule has 4 bridgehead atoms. The van der Waals surface area contributed by atoms with Gasteiger partial charge in [0.1, 0.15) is 11.9 Å². The molecule has 4 aromatic carbocycles. The van der Waals surface area contributed by atoms with Crippen molar-refractivity contribution >= 4 is 17.7 Å². The largest absolute Gasteiger partial charge is 0.493 e. The van der Waals surface area contributed by atoms with E-state index in [1.54, 1.807) is 23.1 Å². The van der Waals surface area contributed by atoms with Crippen LogP contribution in [0.4, 0.5) is 0 Å². The van der Waals surface area contributed by atoms with Crippen molar-refractivity contribution in [2.45, 2.75) is 25.1 Å². The summed E-state index contributed by atoms with van der Waals surface area (Å²) >= 11 is 0. The average molecular weight is 592 g/mol. The molecule has 0 radical (unpaired) electrons. The van der Waals surface area contributed by atoms with E-state index in [-0.39, 0.29) is 42.7 Å². The summed E-state index contributed by atoms with van der Waals surface area (Å²) in [5.74, 6) is 0.530. The molecule has 1 fully saturated rings. The van der Waals surface area contributed by atoms with Crippen molar-refractivity contribution in [3.8, 4) is 28.4 Å². The summed E-state index contributed by atoms with van der Waals surface area (Å²) in [5, 5.41) is 5.93. The Morgan fingerprint density at radius 3 is 2.48 bits per heavy atom. The number of nitrogens with zero attached hydrogens (tertiary/aromatic N) is 1. The van der Waals surface area contributed by atoms with Crippen molar-refractivity contribution in [3.63, 3.8) is 0 Å². The average Bonchev–Trinajstić information content (AvgIpc) is 3.07. The van der Waals surface area contributed by atoms with E-state index in [0.29, 0.717) is 42.1 Å². The topological polar surface area (TPSA) is 106 Å². The van der Waals surface area contributed by atoms with Crippen LogP contribution in [0.1, 0.15) is 32.7 Å². The Bertz CT molecular complexity index is 1660. The third-order valence-corrected chi connectivity index (χ3v) is 7.85. The highest BCUT2D eigenvalue weighted by atomic mass is 16.5. The maximum Gasteiger partial charge on any atom is 0.258 e. The van der Waals surface area contributed by atoms with Gasteiger partial charge in [0.2, 0.25) is 0 Å². The predicted octanol–water partition coefficient (Wildman–Crippen LogP) is 4.46. The number of rotatable bonds is 3. The highest BCUT2D eigenvalue weighted by Gasteiger charge is 2.35. The zero-order valence-corrected chi connectivity index (χ0v) is 24.3. The number of benzene rings is 4. The van der Waals surface area contributed by atoms with E-state index in [1.807, 2.05) is 78.9 Å². The number of ether oxygens (including phenoxy) is 3. The van der Waals surface area contributed by atoms with Gasteiger partial charge >= 0.3 is 0 Å². The molecule has 0 aliphatic carbocycles. The van der Waals surface area contributed by atoms with Crippen LogP contribution in [0.2, 0.25) is 0 Å². The summed E-state index contributed by atoms with van der Waals surface area (Å²) in [5.41, 5.74) is 3.80. The predicted molar refractivity (Wildman–Crippen MR) is 165 cm³/mol. The number of amides is 3. The summed E-state index contributed by atoms with van der Waals surface area (Å²) in [7, 11) is 1.49. The van der Waals surface area contributed by atoms with E-state index in [1.165, 1.54) is 7.11 Å². The number of nitrogens with one attached hydrogen (secondary N) is 2. The molecule has 0 aromatic heterocycles. The van der Waals surface area contributed by atoms with E-state index in [4.69, 9.17) is 14.2 Å². The molecule has 3 heterocycles. The van der Waals surface area contributed by atoms with Crippen LogP contribution in [0, 0.1) is 0 Å². The Labute approximate surface area is 255 Å². The zero-order chi connectivity index (χ0) is 30.5. The first kappa shape index (κ1) is 28.8. The second kappa shape index (κ2) is 12.9. The van der Waals surface area contributed by atoms with Crippen LogP contribution in [0.15, 0.2) is 97.1 Å². The molecule has 2 atom stereocenters. The fourth-order valence-corrected chi connectivity index (χ4v) is 5.48. The maximum atomic E-state index is 13.7. The first-order valence-electron chi connectivity index (χ1n) is 14.6.